The molecule has 2 atom stereocenters. The molecular weight excluding hydrogens is 293 g/mol. The van der Waals surface area contributed by atoms with Crippen LogP contribution in [0.1, 0.15) is 16.6 Å². The summed E-state index contributed by atoms with van der Waals surface area (Å²) in [7, 11) is 0. The number of rotatable bonds is 2. The molecule has 6 heteroatoms. The molecule has 2 unspecified atom stereocenters. The van der Waals surface area contributed by atoms with Crippen molar-refractivity contribution in [1.82, 2.24) is 4.90 Å². The van der Waals surface area contributed by atoms with E-state index in [4.69, 9.17) is 5.11 Å². The highest BCUT2D eigenvalue weighted by Crippen LogP contribution is 2.30. The number of carbonyl (C=O) groups excluding carboxylic acids is 1. The van der Waals surface area contributed by atoms with Gasteiger partial charge in [0.15, 0.2) is 0 Å². The number of hydrogen-bond acceptors (Lipinski definition) is 3. The molecule has 0 saturated carbocycles. The minimum absolute atomic E-state index is 0.0572. The Labute approximate surface area is 124 Å². The Bertz CT molecular complexity index is 727. The smallest absolute Gasteiger partial charge is 0.308 e. The first-order valence-electron chi connectivity index (χ1n) is 6.67. The molecule has 1 aromatic heterocycles. The van der Waals surface area contributed by atoms with Crippen molar-refractivity contribution in [1.29, 1.82) is 0 Å². The van der Waals surface area contributed by atoms with Gasteiger partial charge in [-0.25, -0.2) is 4.39 Å². The molecule has 1 fully saturated rings. The van der Waals surface area contributed by atoms with Crippen LogP contribution in [0, 0.1) is 17.7 Å². The zero-order chi connectivity index (χ0) is 15.1. The number of amides is 1. The Balaban J connectivity index is 1.86. The summed E-state index contributed by atoms with van der Waals surface area (Å²) < 4.78 is 14.0. The zero-order valence-electron chi connectivity index (χ0n) is 11.4. The average Bonchev–Trinajstić information content (AvgIpc) is 3.00. The fourth-order valence-corrected chi connectivity index (χ4v) is 3.74. The predicted molar refractivity (Wildman–Crippen MR) is 78.0 cm³/mol. The van der Waals surface area contributed by atoms with E-state index in [0.717, 1.165) is 4.70 Å². The van der Waals surface area contributed by atoms with Gasteiger partial charge in [0.25, 0.3) is 5.91 Å². The monoisotopic (exact) mass is 307 g/mol. The summed E-state index contributed by atoms with van der Waals surface area (Å²) in [5.74, 6) is -1.94. The van der Waals surface area contributed by atoms with E-state index in [2.05, 4.69) is 0 Å². The van der Waals surface area contributed by atoms with Crippen molar-refractivity contribution in [3.63, 3.8) is 0 Å². The topological polar surface area (TPSA) is 57.6 Å². The molecule has 0 spiro atoms. The van der Waals surface area contributed by atoms with Gasteiger partial charge in [0.2, 0.25) is 0 Å². The minimum atomic E-state index is -0.865. The number of hydrogen-bond donors (Lipinski definition) is 1. The highest BCUT2D eigenvalue weighted by molar-refractivity contribution is 7.20. The molecule has 110 valence electrons. The third kappa shape index (κ3) is 2.51. The van der Waals surface area contributed by atoms with Gasteiger partial charge in [-0.2, -0.15) is 0 Å². The maximum Gasteiger partial charge on any atom is 0.308 e. The van der Waals surface area contributed by atoms with Crippen LogP contribution in [-0.4, -0.2) is 35.0 Å². The van der Waals surface area contributed by atoms with Gasteiger partial charge in [-0.15, -0.1) is 11.3 Å². The Kier molecular flexibility index (Phi) is 3.41. The van der Waals surface area contributed by atoms with Crippen LogP contribution in [0.25, 0.3) is 10.1 Å². The molecule has 0 radical (unpaired) electrons. The number of carboxylic acid groups (broad SMARTS) is 1. The van der Waals surface area contributed by atoms with Crippen molar-refractivity contribution in [2.24, 2.45) is 11.8 Å². The second-order valence-electron chi connectivity index (χ2n) is 5.42. The summed E-state index contributed by atoms with van der Waals surface area (Å²) >= 11 is 1.31. The van der Waals surface area contributed by atoms with E-state index >= 15 is 0 Å². The molecule has 1 amide bonds. The second-order valence-corrected chi connectivity index (χ2v) is 6.51. The molecule has 3 rings (SSSR count). The maximum atomic E-state index is 13.2. The second kappa shape index (κ2) is 5.11. The number of fused-ring (bicyclic) bond motifs is 1. The number of likely N-dealkylation sites (tertiary alicyclic amines) is 1. The standard InChI is InChI=1S/C15H14FNO3S/c1-8-6-17(7-11(8)15(19)20)14(18)13-5-9-4-10(16)2-3-12(9)21-13/h2-5,8,11H,6-7H2,1H3,(H,19,20). The third-order valence-corrected chi connectivity index (χ3v) is 5.01. The summed E-state index contributed by atoms with van der Waals surface area (Å²) in [4.78, 5) is 25.7. The van der Waals surface area contributed by atoms with E-state index in [-0.39, 0.29) is 24.2 Å². The number of benzene rings is 1. The van der Waals surface area contributed by atoms with Crippen molar-refractivity contribution in [3.05, 3.63) is 35.0 Å². The number of carbonyl (C=O) groups is 2. The molecule has 21 heavy (non-hydrogen) atoms. The first-order chi connectivity index (χ1) is 9.95. The van der Waals surface area contributed by atoms with Crippen molar-refractivity contribution >= 4 is 33.3 Å². The van der Waals surface area contributed by atoms with Gasteiger partial charge in [-0.1, -0.05) is 6.92 Å². The van der Waals surface area contributed by atoms with Crippen molar-refractivity contribution in [3.8, 4) is 0 Å². The molecule has 1 aromatic carbocycles. The van der Waals surface area contributed by atoms with Gasteiger partial charge in [0.05, 0.1) is 10.8 Å². The fraction of sp³-hybridized carbons (Fsp3) is 0.333. The summed E-state index contributed by atoms with van der Waals surface area (Å²) in [6.07, 6.45) is 0. The number of aliphatic carboxylic acids is 1. The lowest BCUT2D eigenvalue weighted by atomic mass is 9.99. The molecule has 0 aliphatic carbocycles. The molecule has 2 heterocycles. The lowest BCUT2D eigenvalue weighted by Crippen LogP contribution is -2.29. The summed E-state index contributed by atoms with van der Waals surface area (Å²) in [5.41, 5.74) is 0. The van der Waals surface area contributed by atoms with Crippen molar-refractivity contribution in [2.45, 2.75) is 6.92 Å². The Morgan fingerprint density at radius 3 is 2.76 bits per heavy atom. The summed E-state index contributed by atoms with van der Waals surface area (Å²) in [6, 6.07) is 6.09. The van der Waals surface area contributed by atoms with E-state index in [9.17, 15) is 14.0 Å². The van der Waals surface area contributed by atoms with Crippen LogP contribution in [0.4, 0.5) is 4.39 Å². The largest absolute Gasteiger partial charge is 0.481 e. The molecule has 1 N–H and O–H groups in total. The number of nitrogens with zero attached hydrogens (tertiary/aromatic N) is 1. The van der Waals surface area contributed by atoms with Crippen LogP contribution in [0.2, 0.25) is 0 Å². The number of halogens is 1. The van der Waals surface area contributed by atoms with Gasteiger partial charge in [-0.05, 0) is 35.6 Å². The molecule has 1 saturated heterocycles. The lowest BCUT2D eigenvalue weighted by Gasteiger charge is -2.14. The highest BCUT2D eigenvalue weighted by Gasteiger charge is 2.37. The van der Waals surface area contributed by atoms with Crippen LogP contribution < -0.4 is 0 Å². The minimum Gasteiger partial charge on any atom is -0.481 e. The van der Waals surface area contributed by atoms with Crippen molar-refractivity contribution in [2.75, 3.05) is 13.1 Å². The molecule has 4 nitrogen and oxygen atoms in total. The molecule has 2 aromatic rings. The van der Waals surface area contributed by atoms with Crippen LogP contribution in [0.3, 0.4) is 0 Å². The van der Waals surface area contributed by atoms with Gasteiger partial charge in [0.1, 0.15) is 5.82 Å². The first-order valence-corrected chi connectivity index (χ1v) is 7.48. The van der Waals surface area contributed by atoms with E-state index in [1.54, 1.807) is 17.0 Å². The molecule has 1 aliphatic rings. The van der Waals surface area contributed by atoms with Gasteiger partial charge < -0.3 is 10.0 Å². The van der Waals surface area contributed by atoms with Crippen LogP contribution in [-0.2, 0) is 4.79 Å². The van der Waals surface area contributed by atoms with Crippen molar-refractivity contribution < 1.29 is 19.1 Å². The number of carboxylic acids is 1. The van der Waals surface area contributed by atoms with Crippen LogP contribution in [0.15, 0.2) is 24.3 Å². The van der Waals surface area contributed by atoms with Gasteiger partial charge in [0, 0.05) is 17.8 Å². The predicted octanol–water partition coefficient (Wildman–Crippen LogP) is 2.83. The highest BCUT2D eigenvalue weighted by atomic mass is 32.1. The SMILES string of the molecule is CC1CN(C(=O)c2cc3cc(F)ccc3s2)CC1C(=O)O. The fourth-order valence-electron chi connectivity index (χ4n) is 2.73. The summed E-state index contributed by atoms with van der Waals surface area (Å²) in [5, 5.41) is 9.82. The van der Waals surface area contributed by atoms with Crippen LogP contribution >= 0.6 is 11.3 Å². The molecule has 0 bridgehead atoms. The Morgan fingerprint density at radius 1 is 1.33 bits per heavy atom. The quantitative estimate of drug-likeness (QED) is 0.928. The lowest BCUT2D eigenvalue weighted by molar-refractivity contribution is -0.142. The van der Waals surface area contributed by atoms with E-state index in [0.29, 0.717) is 16.8 Å². The summed E-state index contributed by atoms with van der Waals surface area (Å²) in [6.45, 7) is 2.52. The van der Waals surface area contributed by atoms with Crippen LogP contribution in [0.5, 0.6) is 0 Å². The zero-order valence-corrected chi connectivity index (χ0v) is 12.2. The van der Waals surface area contributed by atoms with E-state index in [1.165, 1.54) is 23.5 Å². The molecular formula is C15H14FNO3S. The number of thiophene rings is 1. The van der Waals surface area contributed by atoms with E-state index < -0.39 is 11.9 Å². The van der Waals surface area contributed by atoms with E-state index in [1.807, 2.05) is 6.92 Å². The maximum absolute atomic E-state index is 13.2. The molecule has 1 aliphatic heterocycles. The normalized spacial score (nSPS) is 21.9. The Morgan fingerprint density at radius 2 is 2.10 bits per heavy atom. The average molecular weight is 307 g/mol. The third-order valence-electron chi connectivity index (χ3n) is 3.91. The van der Waals surface area contributed by atoms with Gasteiger partial charge >= 0.3 is 5.97 Å². The first kappa shape index (κ1) is 14.0. The Hall–Kier alpha value is -1.95. The van der Waals surface area contributed by atoms with Gasteiger partial charge in [-0.3, -0.25) is 9.59 Å².